The van der Waals surface area contributed by atoms with E-state index in [9.17, 15) is 4.79 Å². The summed E-state index contributed by atoms with van der Waals surface area (Å²) in [6.45, 7) is 10.5. The minimum absolute atomic E-state index is 0.0706. The van der Waals surface area contributed by atoms with Gasteiger partial charge in [0, 0.05) is 5.92 Å². The van der Waals surface area contributed by atoms with Gasteiger partial charge in [0.1, 0.15) is 6.29 Å². The normalized spacial score (nSPS) is 34.8. The highest BCUT2D eigenvalue weighted by Crippen LogP contribution is 2.45. The number of hydrogen-bond acceptors (Lipinski definition) is 1. The van der Waals surface area contributed by atoms with Crippen LogP contribution < -0.4 is 0 Å². The molecule has 1 fully saturated rings. The molecule has 0 aromatic rings. The van der Waals surface area contributed by atoms with Crippen LogP contribution in [0.1, 0.15) is 33.6 Å². The fourth-order valence-electron chi connectivity index (χ4n) is 2.03. The zero-order chi connectivity index (χ0) is 9.35. The summed E-state index contributed by atoms with van der Waals surface area (Å²) in [6, 6.07) is 0. The van der Waals surface area contributed by atoms with Crippen molar-refractivity contribution in [3.8, 4) is 0 Å². The molecule has 12 heavy (non-hydrogen) atoms. The summed E-state index contributed by atoms with van der Waals surface area (Å²) < 4.78 is 0. The van der Waals surface area contributed by atoms with Gasteiger partial charge in [-0.3, -0.25) is 0 Å². The van der Waals surface area contributed by atoms with E-state index in [1.807, 2.05) is 0 Å². The molecule has 0 aliphatic heterocycles. The summed E-state index contributed by atoms with van der Waals surface area (Å²) in [5, 5.41) is 0. The van der Waals surface area contributed by atoms with Gasteiger partial charge in [-0.2, -0.15) is 0 Å². The summed E-state index contributed by atoms with van der Waals surface area (Å²) in [7, 11) is 0. The first-order valence-corrected chi connectivity index (χ1v) is 4.63. The number of allylic oxidation sites excluding steroid dienone is 1. The molecule has 0 saturated heterocycles. The van der Waals surface area contributed by atoms with Crippen LogP contribution in [0.15, 0.2) is 12.2 Å². The molecule has 0 amide bonds. The highest BCUT2D eigenvalue weighted by atomic mass is 16.1. The molecule has 1 aliphatic rings. The topological polar surface area (TPSA) is 17.1 Å². The number of aldehydes is 1. The third-order valence-electron chi connectivity index (χ3n) is 3.55. The van der Waals surface area contributed by atoms with Crippen molar-refractivity contribution in [1.82, 2.24) is 0 Å². The highest BCUT2D eigenvalue weighted by molar-refractivity contribution is 5.60. The molecule has 0 spiro atoms. The number of carbonyl (C=O) groups is 1. The molecule has 1 heteroatoms. The SMILES string of the molecule is C=C1CC[C@H](C)C(C)(C)[C@@H]1C=O. The van der Waals surface area contributed by atoms with Crippen molar-refractivity contribution in [1.29, 1.82) is 0 Å². The molecule has 0 heterocycles. The van der Waals surface area contributed by atoms with E-state index in [1.165, 1.54) is 6.42 Å². The summed E-state index contributed by atoms with van der Waals surface area (Å²) >= 11 is 0. The van der Waals surface area contributed by atoms with Crippen molar-refractivity contribution >= 4 is 6.29 Å². The molecule has 0 N–H and O–H groups in total. The van der Waals surface area contributed by atoms with Crippen LogP contribution in [0.2, 0.25) is 0 Å². The van der Waals surface area contributed by atoms with Crippen molar-refractivity contribution in [3.63, 3.8) is 0 Å². The second kappa shape index (κ2) is 3.04. The predicted molar refractivity (Wildman–Crippen MR) is 50.9 cm³/mol. The van der Waals surface area contributed by atoms with E-state index >= 15 is 0 Å². The van der Waals surface area contributed by atoms with Gasteiger partial charge in [-0.1, -0.05) is 32.9 Å². The Kier molecular flexibility index (Phi) is 2.41. The van der Waals surface area contributed by atoms with E-state index in [-0.39, 0.29) is 11.3 Å². The van der Waals surface area contributed by atoms with Crippen LogP contribution in [0.5, 0.6) is 0 Å². The van der Waals surface area contributed by atoms with Crippen molar-refractivity contribution in [2.24, 2.45) is 17.3 Å². The molecule has 1 nitrogen and oxygen atoms in total. The molecule has 0 radical (unpaired) electrons. The average molecular weight is 166 g/mol. The quantitative estimate of drug-likeness (QED) is 0.432. The lowest BCUT2D eigenvalue weighted by Gasteiger charge is -2.42. The molecule has 1 rings (SSSR count). The molecule has 0 unspecified atom stereocenters. The van der Waals surface area contributed by atoms with Crippen LogP contribution in [-0.4, -0.2) is 6.29 Å². The Labute approximate surface area is 74.9 Å². The Morgan fingerprint density at radius 3 is 2.58 bits per heavy atom. The average Bonchev–Trinajstić information content (AvgIpc) is 1.98. The molecule has 68 valence electrons. The van der Waals surface area contributed by atoms with Gasteiger partial charge in [-0.25, -0.2) is 0 Å². The lowest BCUT2D eigenvalue weighted by atomic mass is 9.62. The smallest absolute Gasteiger partial charge is 0.127 e. The maximum absolute atomic E-state index is 10.9. The number of hydrogen-bond donors (Lipinski definition) is 0. The van der Waals surface area contributed by atoms with Crippen LogP contribution in [-0.2, 0) is 4.79 Å². The van der Waals surface area contributed by atoms with Crippen molar-refractivity contribution in [2.45, 2.75) is 33.6 Å². The zero-order valence-corrected chi connectivity index (χ0v) is 8.26. The van der Waals surface area contributed by atoms with Gasteiger partial charge in [0.05, 0.1) is 0 Å². The summed E-state index contributed by atoms with van der Waals surface area (Å²) in [5.41, 5.74) is 1.23. The summed E-state index contributed by atoms with van der Waals surface area (Å²) in [4.78, 5) is 10.9. The van der Waals surface area contributed by atoms with Gasteiger partial charge in [0.25, 0.3) is 0 Å². The number of carbonyl (C=O) groups excluding carboxylic acids is 1. The van der Waals surface area contributed by atoms with Gasteiger partial charge in [-0.05, 0) is 24.2 Å². The van der Waals surface area contributed by atoms with E-state index in [2.05, 4.69) is 27.4 Å². The van der Waals surface area contributed by atoms with Gasteiger partial charge in [0.2, 0.25) is 0 Å². The van der Waals surface area contributed by atoms with E-state index in [0.717, 1.165) is 18.3 Å². The van der Waals surface area contributed by atoms with Crippen LogP contribution in [0.3, 0.4) is 0 Å². The molecular weight excluding hydrogens is 148 g/mol. The van der Waals surface area contributed by atoms with E-state index < -0.39 is 0 Å². The lowest BCUT2D eigenvalue weighted by molar-refractivity contribution is -0.114. The first-order chi connectivity index (χ1) is 5.50. The van der Waals surface area contributed by atoms with Crippen LogP contribution in [0, 0.1) is 17.3 Å². The minimum atomic E-state index is 0.0706. The standard InChI is InChI=1S/C11H18O/c1-8-5-6-9(2)11(3,4)10(8)7-12/h7,9-10H,1,5-6H2,2-4H3/t9-,10+/m0/s1. The largest absolute Gasteiger partial charge is 0.303 e. The second-order valence-electron chi connectivity index (χ2n) is 4.53. The minimum Gasteiger partial charge on any atom is -0.303 e. The zero-order valence-electron chi connectivity index (χ0n) is 8.26. The van der Waals surface area contributed by atoms with Gasteiger partial charge in [-0.15, -0.1) is 0 Å². The van der Waals surface area contributed by atoms with Gasteiger partial charge in [0.15, 0.2) is 0 Å². The van der Waals surface area contributed by atoms with Crippen molar-refractivity contribution in [2.75, 3.05) is 0 Å². The molecule has 0 bridgehead atoms. The first kappa shape index (κ1) is 9.50. The van der Waals surface area contributed by atoms with E-state index in [0.29, 0.717) is 5.92 Å². The van der Waals surface area contributed by atoms with Gasteiger partial charge < -0.3 is 4.79 Å². The Hall–Kier alpha value is -0.590. The Morgan fingerprint density at radius 1 is 1.58 bits per heavy atom. The highest BCUT2D eigenvalue weighted by Gasteiger charge is 2.39. The fraction of sp³-hybridized carbons (Fsp3) is 0.727. The Balaban J connectivity index is 2.90. The summed E-state index contributed by atoms with van der Waals surface area (Å²) in [6.07, 6.45) is 3.27. The molecule has 0 aromatic heterocycles. The monoisotopic (exact) mass is 166 g/mol. The molecule has 0 aromatic carbocycles. The third-order valence-corrected chi connectivity index (χ3v) is 3.55. The summed E-state index contributed by atoms with van der Waals surface area (Å²) in [5.74, 6) is 0.694. The predicted octanol–water partition coefficient (Wildman–Crippen LogP) is 2.81. The Bertz CT molecular complexity index is 203. The van der Waals surface area contributed by atoms with E-state index in [4.69, 9.17) is 0 Å². The van der Waals surface area contributed by atoms with Crippen molar-refractivity contribution < 1.29 is 4.79 Å². The third kappa shape index (κ3) is 1.33. The number of rotatable bonds is 1. The lowest BCUT2D eigenvalue weighted by Crippen LogP contribution is -2.36. The van der Waals surface area contributed by atoms with Crippen LogP contribution in [0.25, 0.3) is 0 Å². The van der Waals surface area contributed by atoms with Crippen molar-refractivity contribution in [3.05, 3.63) is 12.2 Å². The molecular formula is C11H18O. The Morgan fingerprint density at radius 2 is 2.17 bits per heavy atom. The maximum atomic E-state index is 10.9. The maximum Gasteiger partial charge on any atom is 0.127 e. The molecule has 1 saturated carbocycles. The first-order valence-electron chi connectivity index (χ1n) is 4.63. The molecule has 1 aliphatic carbocycles. The molecule has 2 atom stereocenters. The van der Waals surface area contributed by atoms with Crippen LogP contribution >= 0.6 is 0 Å². The van der Waals surface area contributed by atoms with Gasteiger partial charge >= 0.3 is 0 Å². The fourth-order valence-corrected chi connectivity index (χ4v) is 2.03. The second-order valence-corrected chi connectivity index (χ2v) is 4.53. The van der Waals surface area contributed by atoms with E-state index in [1.54, 1.807) is 0 Å². The van der Waals surface area contributed by atoms with Crippen LogP contribution in [0.4, 0.5) is 0 Å².